The minimum Gasteiger partial charge on any atom is -0.392 e. The molecule has 3 N–H and O–H groups in total. The summed E-state index contributed by atoms with van der Waals surface area (Å²) in [4.78, 5) is 27.0. The Hall–Kier alpha value is -1.14. The molecule has 0 bridgehead atoms. The van der Waals surface area contributed by atoms with Crippen LogP contribution in [-0.4, -0.2) is 65.5 Å². The van der Waals surface area contributed by atoms with Gasteiger partial charge in [-0.1, -0.05) is 0 Å². The molecule has 0 aromatic carbocycles. The number of amides is 2. The molecule has 0 aromatic rings. The van der Waals surface area contributed by atoms with Gasteiger partial charge >= 0.3 is 0 Å². The molecule has 2 heterocycles. The largest absolute Gasteiger partial charge is 0.392 e. The Morgan fingerprint density at radius 2 is 1.84 bits per heavy atom. The summed E-state index contributed by atoms with van der Waals surface area (Å²) in [5, 5.41) is 9.58. The lowest BCUT2D eigenvalue weighted by molar-refractivity contribution is -0.136. The summed E-state index contributed by atoms with van der Waals surface area (Å²) in [6.45, 7) is 3.06. The van der Waals surface area contributed by atoms with Crippen molar-refractivity contribution < 1.29 is 14.7 Å². The Bertz CT molecular complexity index is 340. The lowest BCUT2D eigenvalue weighted by atomic mass is 9.96. The number of aliphatic hydroxyl groups is 1. The van der Waals surface area contributed by atoms with E-state index in [0.29, 0.717) is 39.0 Å². The van der Waals surface area contributed by atoms with Crippen molar-refractivity contribution in [3.05, 3.63) is 0 Å². The first-order valence-electron chi connectivity index (χ1n) is 7.04. The number of rotatable bonds is 3. The molecule has 6 heteroatoms. The number of nitrogens with two attached hydrogens (primary N) is 1. The van der Waals surface area contributed by atoms with Gasteiger partial charge in [0, 0.05) is 25.6 Å². The van der Waals surface area contributed by atoms with E-state index in [1.54, 1.807) is 4.90 Å². The molecule has 0 spiro atoms. The van der Waals surface area contributed by atoms with Crippen LogP contribution in [0.3, 0.4) is 0 Å². The number of hydrogen-bond acceptors (Lipinski definition) is 4. The van der Waals surface area contributed by atoms with Crippen molar-refractivity contribution in [2.75, 3.05) is 32.7 Å². The summed E-state index contributed by atoms with van der Waals surface area (Å²) in [6.07, 6.45) is 2.81. The summed E-state index contributed by atoms with van der Waals surface area (Å²) in [5.41, 5.74) is 5.28. The third-order valence-corrected chi connectivity index (χ3v) is 4.09. The van der Waals surface area contributed by atoms with Crippen molar-refractivity contribution in [3.63, 3.8) is 0 Å². The Morgan fingerprint density at radius 1 is 1.16 bits per heavy atom. The summed E-state index contributed by atoms with van der Waals surface area (Å²) >= 11 is 0. The third kappa shape index (κ3) is 3.91. The van der Waals surface area contributed by atoms with Crippen LogP contribution in [0.4, 0.5) is 0 Å². The Kier molecular flexibility index (Phi) is 4.76. The topological polar surface area (TPSA) is 86.9 Å². The van der Waals surface area contributed by atoms with Gasteiger partial charge in [-0.25, -0.2) is 0 Å². The highest BCUT2D eigenvalue weighted by Gasteiger charge is 2.27. The summed E-state index contributed by atoms with van der Waals surface area (Å²) < 4.78 is 0. The van der Waals surface area contributed by atoms with Crippen molar-refractivity contribution in [1.29, 1.82) is 0 Å². The van der Waals surface area contributed by atoms with Crippen molar-refractivity contribution in [2.45, 2.75) is 31.8 Å². The molecular formula is C13H23N3O3. The van der Waals surface area contributed by atoms with E-state index in [1.165, 1.54) is 0 Å². The maximum atomic E-state index is 12.1. The second-order valence-corrected chi connectivity index (χ2v) is 5.59. The standard InChI is InChI=1S/C13H23N3O3/c14-13(19)10-3-6-16(7-4-10)12(18)9-15-5-1-2-11(17)8-15/h10-11,17H,1-9H2,(H2,14,19). The zero-order valence-corrected chi connectivity index (χ0v) is 11.3. The fraction of sp³-hybridized carbons (Fsp3) is 0.846. The molecule has 1 atom stereocenters. The molecule has 0 saturated carbocycles. The minimum atomic E-state index is -0.304. The van der Waals surface area contributed by atoms with Gasteiger partial charge in [-0.3, -0.25) is 14.5 Å². The highest BCUT2D eigenvalue weighted by molar-refractivity contribution is 5.80. The summed E-state index contributed by atoms with van der Waals surface area (Å²) in [7, 11) is 0. The van der Waals surface area contributed by atoms with Gasteiger partial charge in [-0.15, -0.1) is 0 Å². The number of carbonyl (C=O) groups excluding carboxylic acids is 2. The summed E-state index contributed by atoms with van der Waals surface area (Å²) in [5.74, 6) is -0.246. The number of piperidine rings is 2. The normalized spacial score (nSPS) is 26.4. The van der Waals surface area contributed by atoms with E-state index in [0.717, 1.165) is 19.4 Å². The van der Waals surface area contributed by atoms with Gasteiger partial charge in [0.2, 0.25) is 11.8 Å². The smallest absolute Gasteiger partial charge is 0.236 e. The van der Waals surface area contributed by atoms with Crippen LogP contribution >= 0.6 is 0 Å². The minimum absolute atomic E-state index is 0.0825. The number of β-amino-alcohol motifs (C(OH)–C–C–N with tert-alkyl or cyclic N) is 1. The molecule has 0 aliphatic carbocycles. The second-order valence-electron chi connectivity index (χ2n) is 5.59. The average molecular weight is 269 g/mol. The number of hydrogen-bond donors (Lipinski definition) is 2. The third-order valence-electron chi connectivity index (χ3n) is 4.09. The molecule has 1 unspecified atom stereocenters. The molecule has 0 radical (unpaired) electrons. The van der Waals surface area contributed by atoms with Crippen LogP contribution in [0.2, 0.25) is 0 Å². The number of carbonyl (C=O) groups is 2. The number of likely N-dealkylation sites (tertiary alicyclic amines) is 2. The lowest BCUT2D eigenvalue weighted by Gasteiger charge is -2.34. The van der Waals surface area contributed by atoms with Crippen molar-refractivity contribution in [2.24, 2.45) is 11.7 Å². The second kappa shape index (κ2) is 6.34. The van der Waals surface area contributed by atoms with E-state index in [1.807, 2.05) is 4.90 Å². The van der Waals surface area contributed by atoms with Gasteiger partial charge in [0.25, 0.3) is 0 Å². The molecule has 2 aliphatic rings. The summed E-state index contributed by atoms with van der Waals surface area (Å²) in [6, 6.07) is 0. The quantitative estimate of drug-likeness (QED) is 0.700. The first kappa shape index (κ1) is 14.3. The van der Waals surface area contributed by atoms with E-state index >= 15 is 0 Å². The predicted octanol–water partition coefficient (Wildman–Crippen LogP) is -0.833. The van der Waals surface area contributed by atoms with E-state index in [2.05, 4.69) is 0 Å². The van der Waals surface area contributed by atoms with Crippen LogP contribution < -0.4 is 5.73 Å². The molecule has 0 aromatic heterocycles. The molecule has 2 aliphatic heterocycles. The molecule has 2 saturated heterocycles. The van der Waals surface area contributed by atoms with E-state index in [4.69, 9.17) is 5.73 Å². The fourth-order valence-electron chi connectivity index (χ4n) is 2.88. The van der Waals surface area contributed by atoms with Crippen molar-refractivity contribution in [1.82, 2.24) is 9.80 Å². The first-order valence-corrected chi connectivity index (χ1v) is 7.04. The number of primary amides is 1. The van der Waals surface area contributed by atoms with Crippen LogP contribution in [0.5, 0.6) is 0 Å². The first-order chi connectivity index (χ1) is 9.06. The van der Waals surface area contributed by atoms with Crippen molar-refractivity contribution >= 4 is 11.8 Å². The number of nitrogens with zero attached hydrogens (tertiary/aromatic N) is 2. The molecule has 2 rings (SSSR count). The zero-order valence-electron chi connectivity index (χ0n) is 11.3. The van der Waals surface area contributed by atoms with E-state index in [9.17, 15) is 14.7 Å². The Balaban J connectivity index is 1.76. The molecule has 108 valence electrons. The number of aliphatic hydroxyl groups excluding tert-OH is 1. The van der Waals surface area contributed by atoms with Crippen LogP contribution in [-0.2, 0) is 9.59 Å². The Labute approximate surface area is 113 Å². The molecule has 6 nitrogen and oxygen atoms in total. The van der Waals surface area contributed by atoms with Gasteiger partial charge in [-0.2, -0.15) is 0 Å². The van der Waals surface area contributed by atoms with Gasteiger partial charge in [0.15, 0.2) is 0 Å². The average Bonchev–Trinajstić information content (AvgIpc) is 2.39. The predicted molar refractivity (Wildman–Crippen MR) is 70.2 cm³/mol. The maximum Gasteiger partial charge on any atom is 0.236 e. The van der Waals surface area contributed by atoms with Crippen LogP contribution in [0, 0.1) is 5.92 Å². The van der Waals surface area contributed by atoms with Crippen LogP contribution in [0.15, 0.2) is 0 Å². The van der Waals surface area contributed by atoms with Gasteiger partial charge in [0.1, 0.15) is 0 Å². The van der Waals surface area contributed by atoms with Gasteiger partial charge in [-0.05, 0) is 32.2 Å². The van der Waals surface area contributed by atoms with Crippen LogP contribution in [0.1, 0.15) is 25.7 Å². The SMILES string of the molecule is NC(=O)C1CCN(C(=O)CN2CCCC(O)C2)CC1. The maximum absolute atomic E-state index is 12.1. The highest BCUT2D eigenvalue weighted by atomic mass is 16.3. The fourth-order valence-corrected chi connectivity index (χ4v) is 2.88. The van der Waals surface area contributed by atoms with E-state index in [-0.39, 0.29) is 23.8 Å². The van der Waals surface area contributed by atoms with Gasteiger partial charge in [0.05, 0.1) is 12.6 Å². The Morgan fingerprint density at radius 3 is 2.42 bits per heavy atom. The molecule has 2 amide bonds. The van der Waals surface area contributed by atoms with Crippen LogP contribution in [0.25, 0.3) is 0 Å². The molecular weight excluding hydrogens is 246 g/mol. The lowest BCUT2D eigenvalue weighted by Crippen LogP contribution is -2.48. The zero-order chi connectivity index (χ0) is 13.8. The van der Waals surface area contributed by atoms with Gasteiger partial charge < -0.3 is 15.7 Å². The molecule has 19 heavy (non-hydrogen) atoms. The van der Waals surface area contributed by atoms with E-state index < -0.39 is 0 Å². The van der Waals surface area contributed by atoms with Crippen molar-refractivity contribution in [3.8, 4) is 0 Å². The monoisotopic (exact) mass is 269 g/mol. The highest BCUT2D eigenvalue weighted by Crippen LogP contribution is 2.17. The molecule has 2 fully saturated rings.